The van der Waals surface area contributed by atoms with Crippen LogP contribution < -0.4 is 0 Å². The van der Waals surface area contributed by atoms with E-state index in [1.807, 2.05) is 6.07 Å². The quantitative estimate of drug-likeness (QED) is 0.793. The van der Waals surface area contributed by atoms with Crippen LogP contribution in [0.25, 0.3) is 0 Å². The van der Waals surface area contributed by atoms with Crippen molar-refractivity contribution in [1.82, 2.24) is 4.31 Å². The number of carbonyl (C=O) groups excluding carboxylic acids is 1. The van der Waals surface area contributed by atoms with Crippen LogP contribution in [0.15, 0.2) is 0 Å². The molecule has 3 unspecified atom stereocenters. The molecule has 1 aliphatic carbocycles. The molecule has 0 radical (unpaired) electrons. The monoisotopic (exact) mass is 298 g/mol. The van der Waals surface area contributed by atoms with Crippen molar-refractivity contribution < 1.29 is 13.2 Å². The number of sulfonamides is 1. The number of hydrogen-bond acceptors (Lipinski definition) is 4. The number of rotatable bonds is 4. The lowest BCUT2D eigenvalue weighted by atomic mass is 9.82. The molecule has 0 bridgehead atoms. The summed E-state index contributed by atoms with van der Waals surface area (Å²) >= 11 is 0. The number of hydrogen-bond donors (Lipinski definition) is 0. The summed E-state index contributed by atoms with van der Waals surface area (Å²) < 4.78 is 26.6. The molecule has 2 aliphatic rings. The van der Waals surface area contributed by atoms with Gasteiger partial charge in [0.15, 0.2) is 5.25 Å². The van der Waals surface area contributed by atoms with E-state index in [4.69, 9.17) is 5.26 Å². The van der Waals surface area contributed by atoms with Crippen LogP contribution in [0.2, 0.25) is 0 Å². The third kappa shape index (κ3) is 2.75. The van der Waals surface area contributed by atoms with Gasteiger partial charge in [-0.3, -0.25) is 4.79 Å². The number of ketones is 1. The zero-order valence-electron chi connectivity index (χ0n) is 11.9. The van der Waals surface area contributed by atoms with Gasteiger partial charge in [-0.25, -0.2) is 8.42 Å². The van der Waals surface area contributed by atoms with E-state index in [2.05, 4.69) is 0 Å². The van der Waals surface area contributed by atoms with Crippen LogP contribution in [-0.4, -0.2) is 36.3 Å². The van der Waals surface area contributed by atoms with Crippen molar-refractivity contribution in [3.63, 3.8) is 0 Å². The molecule has 0 amide bonds. The van der Waals surface area contributed by atoms with E-state index in [9.17, 15) is 13.2 Å². The Labute approximate surface area is 121 Å². The van der Waals surface area contributed by atoms with Gasteiger partial charge in [0.05, 0.1) is 6.07 Å². The fourth-order valence-corrected chi connectivity index (χ4v) is 5.33. The average molecular weight is 298 g/mol. The molecule has 3 atom stereocenters. The van der Waals surface area contributed by atoms with E-state index >= 15 is 0 Å². The largest absolute Gasteiger partial charge is 0.299 e. The highest BCUT2D eigenvalue weighted by Gasteiger charge is 2.44. The maximum atomic E-state index is 12.5. The Hall–Kier alpha value is -0.930. The van der Waals surface area contributed by atoms with Crippen LogP contribution in [0.4, 0.5) is 0 Å². The predicted molar refractivity (Wildman–Crippen MR) is 75.3 cm³/mol. The summed E-state index contributed by atoms with van der Waals surface area (Å²) in [4.78, 5) is 12.1. The summed E-state index contributed by atoms with van der Waals surface area (Å²) in [6, 6.07) is 1.68. The molecule has 1 aliphatic heterocycles. The van der Waals surface area contributed by atoms with Crippen LogP contribution >= 0.6 is 0 Å². The molecule has 5 nitrogen and oxygen atoms in total. The van der Waals surface area contributed by atoms with E-state index < -0.39 is 15.3 Å². The van der Waals surface area contributed by atoms with Crippen molar-refractivity contribution in [1.29, 1.82) is 5.26 Å². The molecule has 0 spiro atoms. The van der Waals surface area contributed by atoms with Gasteiger partial charge in [-0.2, -0.15) is 9.57 Å². The van der Waals surface area contributed by atoms with Gasteiger partial charge in [-0.1, -0.05) is 13.3 Å². The summed E-state index contributed by atoms with van der Waals surface area (Å²) in [7, 11) is -3.60. The molecule has 1 saturated carbocycles. The van der Waals surface area contributed by atoms with Crippen LogP contribution in [0, 0.1) is 17.2 Å². The summed E-state index contributed by atoms with van der Waals surface area (Å²) in [5.41, 5.74) is 0. The second-order valence-electron chi connectivity index (χ2n) is 5.71. The molecule has 2 rings (SSSR count). The van der Waals surface area contributed by atoms with Gasteiger partial charge in [-0.15, -0.1) is 0 Å². The second-order valence-corrected chi connectivity index (χ2v) is 7.78. The molecule has 1 heterocycles. The topological polar surface area (TPSA) is 78.2 Å². The number of carbonyl (C=O) groups is 1. The minimum Gasteiger partial charge on any atom is -0.299 e. The van der Waals surface area contributed by atoms with Gasteiger partial charge < -0.3 is 0 Å². The highest BCUT2D eigenvalue weighted by atomic mass is 32.2. The smallest absolute Gasteiger partial charge is 0.230 e. The van der Waals surface area contributed by atoms with Gasteiger partial charge in [0.25, 0.3) is 0 Å². The van der Waals surface area contributed by atoms with Crippen molar-refractivity contribution in [3.8, 4) is 6.07 Å². The molecular weight excluding hydrogens is 276 g/mol. The van der Waals surface area contributed by atoms with Crippen LogP contribution in [-0.2, 0) is 14.8 Å². The highest BCUT2D eigenvalue weighted by molar-refractivity contribution is 7.90. The Morgan fingerprint density at radius 1 is 1.35 bits per heavy atom. The number of nitriles is 1. The molecule has 0 N–H and O–H groups in total. The highest BCUT2D eigenvalue weighted by Crippen LogP contribution is 2.35. The summed E-state index contributed by atoms with van der Waals surface area (Å²) in [5, 5.41) is 8.06. The Balaban J connectivity index is 2.23. The SMILES string of the molecule is CCC(C#N)S(=O)(=O)N1CCCC1C1CCCCC1=O. The Kier molecular flexibility index (Phi) is 4.82. The van der Waals surface area contributed by atoms with E-state index in [1.165, 1.54) is 4.31 Å². The molecule has 0 aromatic rings. The van der Waals surface area contributed by atoms with Crippen molar-refractivity contribution >= 4 is 15.8 Å². The molecule has 112 valence electrons. The maximum absolute atomic E-state index is 12.5. The first-order chi connectivity index (χ1) is 9.52. The van der Waals surface area contributed by atoms with Crippen LogP contribution in [0.3, 0.4) is 0 Å². The lowest BCUT2D eigenvalue weighted by Crippen LogP contribution is -2.46. The minimum absolute atomic E-state index is 0.155. The predicted octanol–water partition coefficient (Wildman–Crippen LogP) is 1.84. The van der Waals surface area contributed by atoms with E-state index in [-0.39, 0.29) is 17.7 Å². The van der Waals surface area contributed by atoms with E-state index in [1.54, 1.807) is 6.92 Å². The van der Waals surface area contributed by atoms with E-state index in [0.717, 1.165) is 32.1 Å². The molecule has 6 heteroatoms. The van der Waals surface area contributed by atoms with Crippen molar-refractivity contribution in [2.24, 2.45) is 5.92 Å². The van der Waals surface area contributed by atoms with Crippen LogP contribution in [0.1, 0.15) is 51.9 Å². The van der Waals surface area contributed by atoms with Gasteiger partial charge in [0.1, 0.15) is 5.78 Å². The Morgan fingerprint density at radius 3 is 2.70 bits per heavy atom. The van der Waals surface area contributed by atoms with Gasteiger partial charge in [0, 0.05) is 24.9 Å². The van der Waals surface area contributed by atoms with Gasteiger partial charge in [0.2, 0.25) is 10.0 Å². The van der Waals surface area contributed by atoms with Gasteiger partial charge in [-0.05, 0) is 32.1 Å². The third-order valence-corrected chi connectivity index (χ3v) is 6.78. The number of Topliss-reactive ketones (excluding diaryl/α,β-unsaturated/α-hetero) is 1. The first kappa shape index (κ1) is 15.5. The standard InChI is InChI=1S/C14H22N2O3S/c1-2-11(10-15)20(18,19)16-9-5-7-13(16)12-6-3-4-8-14(12)17/h11-13H,2-9H2,1H3. The molecule has 0 aromatic heterocycles. The normalized spacial score (nSPS) is 30.1. The fourth-order valence-electron chi connectivity index (χ4n) is 3.43. The van der Waals surface area contributed by atoms with Crippen molar-refractivity contribution in [2.75, 3.05) is 6.54 Å². The zero-order valence-corrected chi connectivity index (χ0v) is 12.7. The maximum Gasteiger partial charge on any atom is 0.230 e. The molecule has 0 aromatic carbocycles. The number of nitrogens with zero attached hydrogens (tertiary/aromatic N) is 2. The minimum atomic E-state index is -3.60. The molecule has 1 saturated heterocycles. The first-order valence-corrected chi connectivity index (χ1v) is 8.95. The van der Waals surface area contributed by atoms with Crippen molar-refractivity contribution in [2.45, 2.75) is 63.2 Å². The molecule has 20 heavy (non-hydrogen) atoms. The summed E-state index contributed by atoms with van der Waals surface area (Å²) in [5.74, 6) is 0.0468. The van der Waals surface area contributed by atoms with Crippen LogP contribution in [0.5, 0.6) is 0 Å². The Morgan fingerprint density at radius 2 is 2.10 bits per heavy atom. The summed E-state index contributed by atoms with van der Waals surface area (Å²) in [6.45, 7) is 2.16. The summed E-state index contributed by atoms with van der Waals surface area (Å²) in [6.07, 6.45) is 5.11. The lowest BCUT2D eigenvalue weighted by molar-refractivity contribution is -0.126. The van der Waals surface area contributed by atoms with Gasteiger partial charge >= 0.3 is 0 Å². The lowest BCUT2D eigenvalue weighted by Gasteiger charge is -2.33. The van der Waals surface area contributed by atoms with Crippen molar-refractivity contribution in [3.05, 3.63) is 0 Å². The molecular formula is C14H22N2O3S. The first-order valence-electron chi connectivity index (χ1n) is 7.45. The second kappa shape index (κ2) is 6.23. The third-order valence-electron chi connectivity index (χ3n) is 4.52. The fraction of sp³-hybridized carbons (Fsp3) is 0.857. The Bertz CT molecular complexity index is 509. The molecule has 2 fully saturated rings. The van der Waals surface area contributed by atoms with E-state index in [0.29, 0.717) is 19.4 Å². The average Bonchev–Trinajstić information content (AvgIpc) is 2.90. The zero-order chi connectivity index (χ0) is 14.8.